The van der Waals surface area contributed by atoms with Gasteiger partial charge in [-0.25, -0.2) is 4.52 Å². The second-order valence-corrected chi connectivity index (χ2v) is 5.20. The van der Waals surface area contributed by atoms with Gasteiger partial charge in [0, 0.05) is 12.2 Å². The summed E-state index contributed by atoms with van der Waals surface area (Å²) in [6.45, 7) is 0.719. The van der Waals surface area contributed by atoms with Crippen molar-refractivity contribution in [2.75, 3.05) is 11.9 Å². The van der Waals surface area contributed by atoms with E-state index in [1.165, 1.54) is 12.8 Å². The molecule has 3 rings (SSSR count). The Morgan fingerprint density at radius 2 is 2.33 bits per heavy atom. The lowest BCUT2D eigenvalue weighted by Crippen LogP contribution is -2.29. The number of rotatable bonds is 3. The van der Waals surface area contributed by atoms with Crippen LogP contribution in [0.2, 0.25) is 5.02 Å². The Labute approximate surface area is 110 Å². The lowest BCUT2D eigenvalue weighted by atomic mass is 10.0. The Kier molecular flexibility index (Phi) is 3.09. The molecule has 0 aromatic carbocycles. The molecule has 18 heavy (non-hydrogen) atoms. The molecule has 2 heterocycles. The average Bonchev–Trinajstić information content (AvgIpc) is 2.94. The molecule has 0 aliphatic heterocycles. The van der Waals surface area contributed by atoms with Gasteiger partial charge in [0.1, 0.15) is 0 Å². The fourth-order valence-electron chi connectivity index (χ4n) is 2.59. The summed E-state index contributed by atoms with van der Waals surface area (Å²) >= 11 is 5.92. The highest BCUT2D eigenvalue weighted by molar-refractivity contribution is 6.30. The molecule has 3 N–H and O–H groups in total. The Balaban J connectivity index is 1.82. The number of anilines is 1. The quantitative estimate of drug-likeness (QED) is 0.890. The van der Waals surface area contributed by atoms with Gasteiger partial charge in [-0.2, -0.15) is 4.98 Å². The number of nitrogens with zero attached hydrogens (tertiary/aromatic N) is 3. The standard InChI is InChI=1S/C12H16ClN5/c13-9-4-5-11-16-12(17-18(11)7-9)15-10-3-1-2-8(10)6-14/h4-5,7-8,10H,1-3,6,14H2,(H,15,17). The highest BCUT2D eigenvalue weighted by atomic mass is 35.5. The van der Waals surface area contributed by atoms with Crippen LogP contribution in [0.1, 0.15) is 19.3 Å². The number of hydrogen-bond acceptors (Lipinski definition) is 4. The van der Waals surface area contributed by atoms with Crippen molar-refractivity contribution < 1.29 is 0 Å². The molecule has 5 nitrogen and oxygen atoms in total. The summed E-state index contributed by atoms with van der Waals surface area (Å²) in [5, 5.41) is 8.41. The highest BCUT2D eigenvalue weighted by Gasteiger charge is 2.26. The van der Waals surface area contributed by atoms with Crippen LogP contribution in [0.4, 0.5) is 5.95 Å². The average molecular weight is 266 g/mol. The minimum absolute atomic E-state index is 0.392. The zero-order valence-electron chi connectivity index (χ0n) is 10.0. The number of pyridine rings is 1. The van der Waals surface area contributed by atoms with Gasteiger partial charge in [-0.3, -0.25) is 0 Å². The molecule has 2 aromatic heterocycles. The van der Waals surface area contributed by atoms with Gasteiger partial charge < -0.3 is 11.1 Å². The lowest BCUT2D eigenvalue weighted by molar-refractivity contribution is 0.514. The van der Waals surface area contributed by atoms with Crippen LogP contribution in [0.25, 0.3) is 5.65 Å². The molecule has 0 radical (unpaired) electrons. The predicted molar refractivity (Wildman–Crippen MR) is 71.8 cm³/mol. The lowest BCUT2D eigenvalue weighted by Gasteiger charge is -2.17. The van der Waals surface area contributed by atoms with Crippen molar-refractivity contribution in [2.24, 2.45) is 11.7 Å². The third kappa shape index (κ3) is 2.15. The minimum atomic E-state index is 0.392. The monoisotopic (exact) mass is 265 g/mol. The molecule has 1 aliphatic carbocycles. The summed E-state index contributed by atoms with van der Waals surface area (Å²) in [6.07, 6.45) is 5.30. The summed E-state index contributed by atoms with van der Waals surface area (Å²) in [6, 6.07) is 4.06. The van der Waals surface area contributed by atoms with Crippen molar-refractivity contribution in [1.82, 2.24) is 14.6 Å². The van der Waals surface area contributed by atoms with E-state index in [1.807, 2.05) is 12.1 Å². The van der Waals surface area contributed by atoms with E-state index in [0.717, 1.165) is 18.6 Å². The fraction of sp³-hybridized carbons (Fsp3) is 0.500. The molecule has 96 valence electrons. The van der Waals surface area contributed by atoms with Crippen LogP contribution in [-0.4, -0.2) is 27.2 Å². The van der Waals surface area contributed by atoms with E-state index in [0.29, 0.717) is 22.9 Å². The largest absolute Gasteiger partial charge is 0.350 e. The van der Waals surface area contributed by atoms with Crippen LogP contribution in [0, 0.1) is 5.92 Å². The van der Waals surface area contributed by atoms with Crippen molar-refractivity contribution in [3.8, 4) is 0 Å². The van der Waals surface area contributed by atoms with Crippen molar-refractivity contribution >= 4 is 23.2 Å². The number of nitrogens with two attached hydrogens (primary N) is 1. The molecule has 1 aliphatic rings. The number of aromatic nitrogens is 3. The van der Waals surface area contributed by atoms with Crippen LogP contribution < -0.4 is 11.1 Å². The van der Waals surface area contributed by atoms with Crippen molar-refractivity contribution in [1.29, 1.82) is 0 Å². The van der Waals surface area contributed by atoms with Crippen molar-refractivity contribution in [3.63, 3.8) is 0 Å². The summed E-state index contributed by atoms with van der Waals surface area (Å²) in [4.78, 5) is 4.43. The van der Waals surface area contributed by atoms with Gasteiger partial charge in [-0.05, 0) is 37.4 Å². The molecule has 2 unspecified atom stereocenters. The van der Waals surface area contributed by atoms with E-state index in [-0.39, 0.29) is 0 Å². The summed E-state index contributed by atoms with van der Waals surface area (Å²) in [7, 11) is 0. The zero-order valence-corrected chi connectivity index (χ0v) is 10.8. The van der Waals surface area contributed by atoms with E-state index >= 15 is 0 Å². The van der Waals surface area contributed by atoms with E-state index < -0.39 is 0 Å². The predicted octanol–water partition coefficient (Wildman–Crippen LogP) is 1.92. The molecule has 1 saturated carbocycles. The Morgan fingerprint density at radius 1 is 1.44 bits per heavy atom. The molecular formula is C12H16ClN5. The Morgan fingerprint density at radius 3 is 3.17 bits per heavy atom. The second kappa shape index (κ2) is 4.74. The number of halogens is 1. The summed E-state index contributed by atoms with van der Waals surface area (Å²) in [5.74, 6) is 1.18. The molecule has 0 amide bonds. The first kappa shape index (κ1) is 11.7. The highest BCUT2D eigenvalue weighted by Crippen LogP contribution is 2.27. The minimum Gasteiger partial charge on any atom is -0.350 e. The van der Waals surface area contributed by atoms with Gasteiger partial charge in [0.25, 0.3) is 0 Å². The first-order valence-electron chi connectivity index (χ1n) is 6.25. The van der Waals surface area contributed by atoms with Gasteiger partial charge in [0.2, 0.25) is 5.95 Å². The van der Waals surface area contributed by atoms with Gasteiger partial charge in [0.05, 0.1) is 5.02 Å². The molecular weight excluding hydrogens is 250 g/mol. The maximum Gasteiger partial charge on any atom is 0.243 e. The van der Waals surface area contributed by atoms with Gasteiger partial charge in [-0.15, -0.1) is 5.10 Å². The van der Waals surface area contributed by atoms with Gasteiger partial charge in [-0.1, -0.05) is 18.0 Å². The Hall–Kier alpha value is -1.33. The second-order valence-electron chi connectivity index (χ2n) is 4.76. The van der Waals surface area contributed by atoms with Crippen LogP contribution in [0.5, 0.6) is 0 Å². The molecule has 1 fully saturated rings. The summed E-state index contributed by atoms with van der Waals surface area (Å²) < 4.78 is 1.69. The van der Waals surface area contributed by atoms with Crippen molar-refractivity contribution in [3.05, 3.63) is 23.4 Å². The molecule has 0 bridgehead atoms. The Bertz CT molecular complexity index is 552. The van der Waals surface area contributed by atoms with E-state index in [2.05, 4.69) is 15.4 Å². The number of nitrogens with one attached hydrogen (secondary N) is 1. The van der Waals surface area contributed by atoms with Gasteiger partial charge >= 0.3 is 0 Å². The third-order valence-electron chi connectivity index (χ3n) is 3.57. The smallest absolute Gasteiger partial charge is 0.243 e. The van der Waals surface area contributed by atoms with Crippen LogP contribution in [-0.2, 0) is 0 Å². The maximum absolute atomic E-state index is 5.92. The zero-order chi connectivity index (χ0) is 12.5. The molecule has 2 atom stereocenters. The van der Waals surface area contributed by atoms with Crippen LogP contribution in [0.15, 0.2) is 18.3 Å². The third-order valence-corrected chi connectivity index (χ3v) is 3.79. The first-order chi connectivity index (χ1) is 8.76. The van der Waals surface area contributed by atoms with Crippen LogP contribution in [0.3, 0.4) is 0 Å². The molecule has 0 spiro atoms. The van der Waals surface area contributed by atoms with E-state index in [4.69, 9.17) is 17.3 Å². The topological polar surface area (TPSA) is 68.2 Å². The SMILES string of the molecule is NCC1CCCC1Nc1nc2ccc(Cl)cn2n1. The fourth-order valence-corrected chi connectivity index (χ4v) is 2.75. The van der Waals surface area contributed by atoms with Crippen molar-refractivity contribution in [2.45, 2.75) is 25.3 Å². The number of fused-ring (bicyclic) bond motifs is 1. The number of hydrogen-bond donors (Lipinski definition) is 2. The van der Waals surface area contributed by atoms with Crippen LogP contribution >= 0.6 is 11.6 Å². The van der Waals surface area contributed by atoms with E-state index in [1.54, 1.807) is 10.7 Å². The first-order valence-corrected chi connectivity index (χ1v) is 6.62. The normalized spacial score (nSPS) is 23.7. The van der Waals surface area contributed by atoms with Gasteiger partial charge in [0.15, 0.2) is 5.65 Å². The molecule has 2 aromatic rings. The molecule has 0 saturated heterocycles. The van der Waals surface area contributed by atoms with E-state index in [9.17, 15) is 0 Å². The molecule has 6 heteroatoms. The summed E-state index contributed by atoms with van der Waals surface area (Å²) in [5.41, 5.74) is 6.56. The maximum atomic E-state index is 5.92.